The maximum absolute atomic E-state index is 2.10. The quantitative estimate of drug-likeness (QED) is 0.558. The first-order valence-corrected chi connectivity index (χ1v) is 4.31. The lowest BCUT2D eigenvalue weighted by Gasteiger charge is -1.85. The molecule has 0 saturated carbocycles. The molecule has 0 aliphatic rings. The summed E-state index contributed by atoms with van der Waals surface area (Å²) >= 11 is 1.69. The number of hydrogen-bond donors (Lipinski definition) is 0. The fourth-order valence-electron chi connectivity index (χ4n) is 0.367. The van der Waals surface area contributed by atoms with Crippen LogP contribution in [0.3, 0.4) is 0 Å². The molecule has 0 heterocycles. The molecule has 1 heteroatoms. The van der Waals surface area contributed by atoms with E-state index in [0.717, 1.165) is 0 Å². The molecule has 0 atom stereocenters. The summed E-state index contributed by atoms with van der Waals surface area (Å²) in [4.78, 5) is 0. The molecule has 0 spiro atoms. The van der Waals surface area contributed by atoms with Gasteiger partial charge in [-0.3, -0.25) is 0 Å². The molecule has 0 N–H and O–H groups in total. The summed E-state index contributed by atoms with van der Waals surface area (Å²) in [6.45, 7) is 6.15. The Bertz CT molecular complexity index is 152. The van der Waals surface area contributed by atoms with Crippen LogP contribution in [0.25, 0.3) is 0 Å². The Morgan fingerprint density at radius 3 is 2.40 bits per heavy atom. The van der Waals surface area contributed by atoms with E-state index >= 15 is 0 Å². The summed E-state index contributed by atoms with van der Waals surface area (Å²) in [7, 11) is 0. The van der Waals surface area contributed by atoms with Crippen molar-refractivity contribution >= 4 is 11.8 Å². The summed E-state index contributed by atoms with van der Waals surface area (Å²) in [6, 6.07) is 0. The first kappa shape index (κ1) is 9.57. The number of hydrogen-bond acceptors (Lipinski definition) is 1. The molecule has 56 valence electrons. The van der Waals surface area contributed by atoms with Crippen molar-refractivity contribution in [2.45, 2.75) is 20.8 Å². The van der Waals surface area contributed by atoms with Crippen molar-refractivity contribution in [2.24, 2.45) is 0 Å². The van der Waals surface area contributed by atoms with Crippen LogP contribution >= 0.6 is 11.8 Å². The summed E-state index contributed by atoms with van der Waals surface area (Å²) < 4.78 is 0. The van der Waals surface area contributed by atoms with Gasteiger partial charge in [-0.25, -0.2) is 0 Å². The molecular weight excluding hydrogens is 140 g/mol. The second kappa shape index (κ2) is 6.69. The molecule has 0 aromatic carbocycles. The molecule has 0 amide bonds. The minimum Gasteiger partial charge on any atom is -0.106 e. The van der Waals surface area contributed by atoms with E-state index in [4.69, 9.17) is 0 Å². The van der Waals surface area contributed by atoms with E-state index < -0.39 is 0 Å². The monoisotopic (exact) mass is 154 g/mol. The smallest absolute Gasteiger partial charge is 0.0246 e. The van der Waals surface area contributed by atoms with E-state index in [1.54, 1.807) is 11.8 Å². The molecular formula is C9H14S. The minimum atomic E-state index is 1.30. The Labute approximate surface area is 67.7 Å². The number of thioether (sulfide) groups is 1. The van der Waals surface area contributed by atoms with Gasteiger partial charge in [0.25, 0.3) is 0 Å². The van der Waals surface area contributed by atoms with Crippen LogP contribution in [0.2, 0.25) is 0 Å². The molecule has 0 aliphatic heterocycles. The first-order valence-electron chi connectivity index (χ1n) is 3.37. The van der Waals surface area contributed by atoms with Crippen LogP contribution in [-0.4, -0.2) is 0 Å². The van der Waals surface area contributed by atoms with Gasteiger partial charge in [0, 0.05) is 0 Å². The van der Waals surface area contributed by atoms with E-state index in [0.29, 0.717) is 0 Å². The summed E-state index contributed by atoms with van der Waals surface area (Å²) in [5, 5.41) is 4.13. The maximum atomic E-state index is 2.10. The second-order valence-electron chi connectivity index (χ2n) is 1.94. The van der Waals surface area contributed by atoms with Crippen LogP contribution in [0.5, 0.6) is 0 Å². The topological polar surface area (TPSA) is 0 Å². The number of rotatable bonds is 3. The fourth-order valence-corrected chi connectivity index (χ4v) is 0.908. The Hall–Kier alpha value is -0.430. The van der Waals surface area contributed by atoms with Crippen molar-refractivity contribution in [2.75, 3.05) is 0 Å². The predicted octanol–water partition coefficient (Wildman–Crippen LogP) is 3.73. The Kier molecular flexibility index (Phi) is 6.40. The molecule has 0 aliphatic carbocycles. The zero-order valence-corrected chi connectivity index (χ0v) is 7.61. The minimum absolute atomic E-state index is 1.30. The van der Waals surface area contributed by atoms with Crippen molar-refractivity contribution in [1.82, 2.24) is 0 Å². The third-order valence-electron chi connectivity index (χ3n) is 1.08. The molecule has 0 fully saturated rings. The lowest BCUT2D eigenvalue weighted by molar-refractivity contribution is 1.49. The Balaban J connectivity index is 3.56. The third kappa shape index (κ3) is 5.70. The van der Waals surface area contributed by atoms with E-state index in [-0.39, 0.29) is 0 Å². The molecule has 0 saturated heterocycles. The molecule has 0 aromatic heterocycles. The van der Waals surface area contributed by atoms with Gasteiger partial charge in [0.15, 0.2) is 0 Å². The summed E-state index contributed by atoms with van der Waals surface area (Å²) in [6.07, 6.45) is 6.22. The average Bonchev–Trinajstić information content (AvgIpc) is 1.98. The molecule has 0 unspecified atom stereocenters. The van der Waals surface area contributed by atoms with E-state index in [1.807, 2.05) is 19.9 Å². The summed E-state index contributed by atoms with van der Waals surface area (Å²) in [5.41, 5.74) is 1.30. The zero-order valence-electron chi connectivity index (χ0n) is 6.79. The van der Waals surface area contributed by atoms with Gasteiger partial charge in [0.2, 0.25) is 0 Å². The van der Waals surface area contributed by atoms with Gasteiger partial charge >= 0.3 is 0 Å². The highest BCUT2D eigenvalue weighted by Gasteiger charge is 1.74. The van der Waals surface area contributed by atoms with Gasteiger partial charge < -0.3 is 0 Å². The SMILES string of the molecule is C/C=C/S/C=C\C(C)=C\C. The predicted molar refractivity (Wildman–Crippen MR) is 51.0 cm³/mol. The van der Waals surface area contributed by atoms with Crippen LogP contribution in [0.4, 0.5) is 0 Å². The van der Waals surface area contributed by atoms with Crippen LogP contribution < -0.4 is 0 Å². The van der Waals surface area contributed by atoms with Crippen molar-refractivity contribution in [1.29, 1.82) is 0 Å². The van der Waals surface area contributed by atoms with Crippen LogP contribution in [0, 0.1) is 0 Å². The largest absolute Gasteiger partial charge is 0.106 e. The maximum Gasteiger partial charge on any atom is -0.0246 e. The highest BCUT2D eigenvalue weighted by Crippen LogP contribution is 2.05. The Morgan fingerprint density at radius 1 is 1.20 bits per heavy atom. The molecule has 0 radical (unpaired) electrons. The standard InChI is InChI=1S/C9H14S/c1-4-7-10-8-6-9(3)5-2/h4-8H,1-3H3/b7-4+,8-6-,9-5+. The average molecular weight is 154 g/mol. The molecule has 0 rings (SSSR count). The fraction of sp³-hybridized carbons (Fsp3) is 0.333. The van der Waals surface area contributed by atoms with E-state index in [2.05, 4.69) is 29.9 Å². The first-order chi connectivity index (χ1) is 4.81. The van der Waals surface area contributed by atoms with E-state index in [1.165, 1.54) is 5.57 Å². The lowest BCUT2D eigenvalue weighted by atomic mass is 10.3. The summed E-state index contributed by atoms with van der Waals surface area (Å²) in [5.74, 6) is 0. The van der Waals surface area contributed by atoms with Crippen LogP contribution in [0.1, 0.15) is 20.8 Å². The van der Waals surface area contributed by atoms with E-state index in [9.17, 15) is 0 Å². The van der Waals surface area contributed by atoms with Gasteiger partial charge in [0.05, 0.1) is 0 Å². The number of allylic oxidation sites excluding steroid dienone is 4. The highest BCUT2D eigenvalue weighted by molar-refractivity contribution is 8.04. The van der Waals surface area contributed by atoms with Gasteiger partial charge in [-0.1, -0.05) is 23.8 Å². The second-order valence-corrected chi connectivity index (χ2v) is 2.76. The highest BCUT2D eigenvalue weighted by atomic mass is 32.2. The van der Waals surface area contributed by atoms with Crippen molar-refractivity contribution < 1.29 is 0 Å². The normalized spacial score (nSPS) is 13.7. The van der Waals surface area contributed by atoms with Crippen molar-refractivity contribution in [3.05, 3.63) is 34.6 Å². The van der Waals surface area contributed by atoms with Gasteiger partial charge in [-0.2, -0.15) is 0 Å². The molecule has 0 bridgehead atoms. The van der Waals surface area contributed by atoms with Crippen molar-refractivity contribution in [3.63, 3.8) is 0 Å². The van der Waals surface area contributed by atoms with Crippen LogP contribution in [-0.2, 0) is 0 Å². The zero-order chi connectivity index (χ0) is 7.82. The molecule has 0 nitrogen and oxygen atoms in total. The van der Waals surface area contributed by atoms with Crippen LogP contribution in [0.15, 0.2) is 34.6 Å². The third-order valence-corrected chi connectivity index (χ3v) is 1.80. The lowest BCUT2D eigenvalue weighted by Crippen LogP contribution is -1.60. The van der Waals surface area contributed by atoms with Gasteiger partial charge in [-0.05, 0) is 31.6 Å². The Morgan fingerprint density at radius 2 is 1.90 bits per heavy atom. The van der Waals surface area contributed by atoms with Gasteiger partial charge in [-0.15, -0.1) is 11.8 Å². The van der Waals surface area contributed by atoms with Gasteiger partial charge in [0.1, 0.15) is 0 Å². The molecule has 10 heavy (non-hydrogen) atoms. The molecule has 0 aromatic rings. The van der Waals surface area contributed by atoms with Crippen molar-refractivity contribution in [3.8, 4) is 0 Å².